The molecule has 2 heterocycles. The maximum Gasteiger partial charge on any atom is 0.336 e. The fourth-order valence-corrected chi connectivity index (χ4v) is 4.84. The Hall–Kier alpha value is -2.84. The van der Waals surface area contributed by atoms with Crippen molar-refractivity contribution in [3.8, 4) is 0 Å². The highest BCUT2D eigenvalue weighted by atomic mass is 35.5. The Labute approximate surface area is 194 Å². The highest BCUT2D eigenvalue weighted by Gasteiger charge is 2.40. The number of esters is 1. The molecule has 32 heavy (non-hydrogen) atoms. The number of non-ortho nitro benzene ring substituents is 1. The average molecular weight is 477 g/mol. The van der Waals surface area contributed by atoms with Gasteiger partial charge in [-0.15, -0.1) is 23.2 Å². The molecule has 2 aromatic rings. The number of rotatable bonds is 4. The van der Waals surface area contributed by atoms with E-state index in [1.807, 2.05) is 0 Å². The SMILES string of the molecule is CCOC(=O)C1=C(C)Nc2nc3c(c(N)c2C1c1cccc([N+](=O)[O-])c1)CC(Cl)(Cl)CC3. The molecule has 3 N–H and O–H groups in total. The molecule has 0 amide bonds. The van der Waals surface area contributed by atoms with Gasteiger partial charge >= 0.3 is 5.97 Å². The lowest BCUT2D eigenvalue weighted by atomic mass is 9.79. The van der Waals surface area contributed by atoms with Gasteiger partial charge in [0.05, 0.1) is 17.1 Å². The third-order valence-corrected chi connectivity index (χ3v) is 6.47. The summed E-state index contributed by atoms with van der Waals surface area (Å²) in [6, 6.07) is 6.15. The van der Waals surface area contributed by atoms with Gasteiger partial charge in [0.25, 0.3) is 5.69 Å². The van der Waals surface area contributed by atoms with E-state index in [9.17, 15) is 14.9 Å². The van der Waals surface area contributed by atoms with E-state index in [0.717, 1.165) is 11.3 Å². The molecule has 1 unspecified atom stereocenters. The maximum atomic E-state index is 13.0. The number of anilines is 2. The van der Waals surface area contributed by atoms with E-state index in [4.69, 9.17) is 38.7 Å². The Morgan fingerprint density at radius 1 is 1.44 bits per heavy atom. The quantitative estimate of drug-likeness (QED) is 0.285. The van der Waals surface area contributed by atoms with Crippen LogP contribution in [0.5, 0.6) is 0 Å². The molecule has 4 rings (SSSR count). The van der Waals surface area contributed by atoms with Crippen molar-refractivity contribution in [1.82, 2.24) is 4.98 Å². The molecule has 1 aromatic carbocycles. The van der Waals surface area contributed by atoms with Crippen LogP contribution in [0.4, 0.5) is 17.2 Å². The molecule has 8 nitrogen and oxygen atoms in total. The van der Waals surface area contributed by atoms with Crippen LogP contribution in [0, 0.1) is 10.1 Å². The summed E-state index contributed by atoms with van der Waals surface area (Å²) in [5, 5.41) is 14.6. The van der Waals surface area contributed by atoms with Crippen LogP contribution in [0.2, 0.25) is 0 Å². The number of benzene rings is 1. The van der Waals surface area contributed by atoms with Crippen LogP contribution < -0.4 is 11.1 Å². The summed E-state index contributed by atoms with van der Waals surface area (Å²) < 4.78 is 4.35. The number of allylic oxidation sites excluding steroid dienone is 1. The largest absolute Gasteiger partial charge is 0.463 e. The zero-order valence-electron chi connectivity index (χ0n) is 17.6. The molecule has 0 radical (unpaired) electrons. The number of hydrogen-bond donors (Lipinski definition) is 2. The highest BCUT2D eigenvalue weighted by Crippen LogP contribution is 2.48. The fraction of sp³-hybridized carbons (Fsp3) is 0.364. The van der Waals surface area contributed by atoms with E-state index in [2.05, 4.69) is 5.32 Å². The lowest BCUT2D eigenvalue weighted by Crippen LogP contribution is -2.30. The van der Waals surface area contributed by atoms with Crippen LogP contribution in [-0.2, 0) is 22.4 Å². The van der Waals surface area contributed by atoms with Gasteiger partial charge in [-0.05, 0) is 32.3 Å². The van der Waals surface area contributed by atoms with E-state index in [0.29, 0.717) is 53.2 Å². The minimum absolute atomic E-state index is 0.0894. The van der Waals surface area contributed by atoms with E-state index >= 15 is 0 Å². The van der Waals surface area contributed by atoms with E-state index in [1.54, 1.807) is 26.0 Å². The number of nitrogen functional groups attached to an aromatic ring is 1. The number of hydrogen-bond acceptors (Lipinski definition) is 7. The van der Waals surface area contributed by atoms with Gasteiger partial charge in [-0.2, -0.15) is 0 Å². The molecule has 0 fully saturated rings. The Morgan fingerprint density at radius 3 is 2.88 bits per heavy atom. The molecule has 0 bridgehead atoms. The molecule has 1 aliphatic heterocycles. The monoisotopic (exact) mass is 476 g/mol. The third kappa shape index (κ3) is 3.89. The van der Waals surface area contributed by atoms with Crippen molar-refractivity contribution >= 4 is 46.4 Å². The smallest absolute Gasteiger partial charge is 0.336 e. The molecular weight excluding hydrogens is 455 g/mol. The van der Waals surface area contributed by atoms with Crippen LogP contribution in [0.1, 0.15) is 48.6 Å². The summed E-state index contributed by atoms with van der Waals surface area (Å²) >= 11 is 12.8. The number of carbonyl (C=O) groups excluding carboxylic acids is 1. The van der Waals surface area contributed by atoms with Crippen LogP contribution in [-0.4, -0.2) is 26.8 Å². The van der Waals surface area contributed by atoms with Crippen molar-refractivity contribution in [3.05, 3.63) is 68.0 Å². The number of nitrogens with two attached hydrogens (primary N) is 1. The molecule has 168 valence electrons. The topological polar surface area (TPSA) is 120 Å². The Balaban J connectivity index is 1.97. The predicted octanol–water partition coefficient (Wildman–Crippen LogP) is 4.63. The molecule has 2 aliphatic rings. The minimum Gasteiger partial charge on any atom is -0.463 e. The van der Waals surface area contributed by atoms with E-state index in [1.165, 1.54) is 12.1 Å². The molecule has 1 atom stereocenters. The maximum absolute atomic E-state index is 13.0. The van der Waals surface area contributed by atoms with Gasteiger partial charge in [0, 0.05) is 52.7 Å². The Morgan fingerprint density at radius 2 is 2.19 bits per heavy atom. The number of nitro benzene ring substituents is 1. The van der Waals surface area contributed by atoms with Crippen LogP contribution in [0.25, 0.3) is 0 Å². The number of ether oxygens (including phenoxy) is 1. The third-order valence-electron chi connectivity index (χ3n) is 5.83. The van der Waals surface area contributed by atoms with Gasteiger partial charge in [-0.3, -0.25) is 10.1 Å². The average Bonchev–Trinajstić information content (AvgIpc) is 2.73. The van der Waals surface area contributed by atoms with Crippen molar-refractivity contribution < 1.29 is 14.5 Å². The number of aryl methyl sites for hydroxylation is 1. The number of fused-ring (bicyclic) bond motifs is 2. The van der Waals surface area contributed by atoms with Crippen molar-refractivity contribution in [2.24, 2.45) is 0 Å². The number of nitro groups is 1. The predicted molar refractivity (Wildman–Crippen MR) is 123 cm³/mol. The van der Waals surface area contributed by atoms with Gasteiger partial charge in [0.2, 0.25) is 0 Å². The van der Waals surface area contributed by atoms with Crippen LogP contribution in [0.3, 0.4) is 0 Å². The van der Waals surface area contributed by atoms with Crippen LogP contribution >= 0.6 is 23.2 Å². The molecular formula is C22H22Cl2N4O4. The number of pyridine rings is 1. The summed E-state index contributed by atoms with van der Waals surface area (Å²) in [5.74, 6) is -0.717. The zero-order valence-corrected chi connectivity index (χ0v) is 19.1. The van der Waals surface area contributed by atoms with Gasteiger partial charge in [-0.1, -0.05) is 12.1 Å². The first-order chi connectivity index (χ1) is 15.1. The standard InChI is InChI=1S/C22H22Cl2N4O4/c1-3-32-21(29)16-11(2)26-20-18(17(16)12-5-4-6-13(9-12)28(30)31)19(25)14-10-22(23,24)8-7-15(14)27-20/h4-6,9,17H,3,7-8,10H2,1-2H3,(H3,25,26,27). The summed E-state index contributed by atoms with van der Waals surface area (Å²) in [5.41, 5.74) is 10.5. The van der Waals surface area contributed by atoms with Gasteiger partial charge in [-0.25, -0.2) is 9.78 Å². The number of carbonyl (C=O) groups is 1. The first-order valence-electron chi connectivity index (χ1n) is 10.2. The first kappa shape index (κ1) is 22.4. The summed E-state index contributed by atoms with van der Waals surface area (Å²) in [6.45, 7) is 3.65. The van der Waals surface area contributed by atoms with Crippen molar-refractivity contribution in [3.63, 3.8) is 0 Å². The second kappa shape index (κ2) is 8.26. The second-order valence-electron chi connectivity index (χ2n) is 7.91. The number of nitrogens with one attached hydrogen (secondary N) is 1. The number of nitrogens with zero attached hydrogens (tertiary/aromatic N) is 2. The molecule has 10 heteroatoms. The normalized spacial score (nSPS) is 18.9. The van der Waals surface area contributed by atoms with Gasteiger partial charge in [0.1, 0.15) is 10.2 Å². The molecule has 0 spiro atoms. The van der Waals surface area contributed by atoms with E-state index < -0.39 is 21.1 Å². The lowest BCUT2D eigenvalue weighted by molar-refractivity contribution is -0.384. The van der Waals surface area contributed by atoms with Crippen molar-refractivity contribution in [2.45, 2.75) is 43.4 Å². The molecule has 0 saturated heterocycles. The molecule has 0 saturated carbocycles. The second-order valence-corrected chi connectivity index (χ2v) is 9.56. The minimum atomic E-state index is -0.962. The lowest BCUT2D eigenvalue weighted by Gasteiger charge is -2.34. The van der Waals surface area contributed by atoms with E-state index in [-0.39, 0.29) is 12.3 Å². The number of aromatic nitrogens is 1. The Kier molecular flexibility index (Phi) is 5.77. The first-order valence-corrected chi connectivity index (χ1v) is 11.0. The van der Waals surface area contributed by atoms with Crippen LogP contribution in [0.15, 0.2) is 35.5 Å². The highest BCUT2D eigenvalue weighted by molar-refractivity contribution is 6.48. The fourth-order valence-electron chi connectivity index (χ4n) is 4.38. The molecule has 1 aromatic heterocycles. The number of halogens is 2. The summed E-state index contributed by atoms with van der Waals surface area (Å²) in [4.78, 5) is 28.7. The zero-order chi connectivity index (χ0) is 23.2. The van der Waals surface area contributed by atoms with Gasteiger partial charge < -0.3 is 15.8 Å². The molecule has 1 aliphatic carbocycles. The van der Waals surface area contributed by atoms with Crippen molar-refractivity contribution in [2.75, 3.05) is 17.7 Å². The summed E-state index contributed by atoms with van der Waals surface area (Å²) in [7, 11) is 0. The van der Waals surface area contributed by atoms with Gasteiger partial charge in [0.15, 0.2) is 0 Å². The summed E-state index contributed by atoms with van der Waals surface area (Å²) in [6.07, 6.45) is 1.43. The van der Waals surface area contributed by atoms with Crippen molar-refractivity contribution in [1.29, 1.82) is 0 Å². The Bertz CT molecular complexity index is 1160. The number of alkyl halides is 2.